The van der Waals surface area contributed by atoms with E-state index in [0.29, 0.717) is 0 Å². The maximum absolute atomic E-state index is 5.58. The number of hydrogen-bond donors (Lipinski definition) is 1. The molecule has 1 aliphatic rings. The first kappa shape index (κ1) is 15.9. The van der Waals surface area contributed by atoms with Crippen LogP contribution in [-0.4, -0.2) is 0 Å². The Morgan fingerprint density at radius 2 is 2.05 bits per heavy atom. The van der Waals surface area contributed by atoms with Gasteiger partial charge in [0.1, 0.15) is 0 Å². The first-order valence-corrected chi connectivity index (χ1v) is 7.87. The summed E-state index contributed by atoms with van der Waals surface area (Å²) in [5, 5.41) is 0. The van der Waals surface area contributed by atoms with E-state index in [-0.39, 0.29) is 10.8 Å². The molecular weight excluding hydrogens is 258 g/mol. The maximum atomic E-state index is 5.58. The van der Waals surface area contributed by atoms with Crippen LogP contribution in [0, 0.1) is 17.3 Å². The van der Waals surface area contributed by atoms with Crippen molar-refractivity contribution < 1.29 is 4.84 Å². The summed E-state index contributed by atoms with van der Waals surface area (Å²) in [6, 6.07) is 4.31. The standard InChI is InChI=1S/C19H27NO/c1-6-7-9-14-11-12-16-15(17(14)21-20)10-8-13-19(16,5)18(2,3)4/h11-12H,6,8,10,13,20H2,1-5H3. The van der Waals surface area contributed by atoms with Gasteiger partial charge < -0.3 is 4.84 Å². The molecule has 2 rings (SSSR count). The molecule has 21 heavy (non-hydrogen) atoms. The van der Waals surface area contributed by atoms with E-state index in [1.54, 1.807) is 0 Å². The molecule has 1 atom stereocenters. The molecule has 0 aliphatic heterocycles. The molecule has 2 N–H and O–H groups in total. The van der Waals surface area contributed by atoms with Crippen molar-refractivity contribution in [3.05, 3.63) is 28.8 Å². The molecule has 1 aromatic rings. The molecule has 1 unspecified atom stereocenters. The summed E-state index contributed by atoms with van der Waals surface area (Å²) in [7, 11) is 0. The largest absolute Gasteiger partial charge is 0.410 e. The van der Waals surface area contributed by atoms with Crippen molar-refractivity contribution in [3.63, 3.8) is 0 Å². The van der Waals surface area contributed by atoms with Gasteiger partial charge in [-0.2, -0.15) is 5.90 Å². The maximum Gasteiger partial charge on any atom is 0.165 e. The van der Waals surface area contributed by atoms with Gasteiger partial charge in [-0.15, -0.1) is 0 Å². The van der Waals surface area contributed by atoms with E-state index in [1.807, 2.05) is 6.92 Å². The summed E-state index contributed by atoms with van der Waals surface area (Å²) in [6.07, 6.45) is 4.23. The van der Waals surface area contributed by atoms with Crippen LogP contribution in [-0.2, 0) is 11.8 Å². The SMILES string of the molecule is CCC#Cc1ccc2c(c1ON)CCCC2(C)C(C)(C)C. The minimum Gasteiger partial charge on any atom is -0.410 e. The quantitative estimate of drug-likeness (QED) is 0.615. The van der Waals surface area contributed by atoms with Crippen LogP contribution in [0.3, 0.4) is 0 Å². The molecule has 1 aliphatic carbocycles. The third-order valence-corrected chi connectivity index (χ3v) is 5.13. The lowest BCUT2D eigenvalue weighted by Crippen LogP contribution is -2.40. The van der Waals surface area contributed by atoms with Crippen LogP contribution in [0.2, 0.25) is 0 Å². The Bertz CT molecular complexity index is 586. The van der Waals surface area contributed by atoms with Gasteiger partial charge in [0.25, 0.3) is 0 Å². The Morgan fingerprint density at radius 3 is 2.62 bits per heavy atom. The predicted octanol–water partition coefficient (Wildman–Crippen LogP) is 4.34. The molecule has 0 fully saturated rings. The molecule has 0 heterocycles. The summed E-state index contributed by atoms with van der Waals surface area (Å²) in [5.74, 6) is 12.6. The molecule has 114 valence electrons. The van der Waals surface area contributed by atoms with E-state index < -0.39 is 0 Å². The molecule has 0 saturated carbocycles. The van der Waals surface area contributed by atoms with E-state index >= 15 is 0 Å². The van der Waals surface area contributed by atoms with E-state index in [9.17, 15) is 0 Å². The van der Waals surface area contributed by atoms with Crippen molar-refractivity contribution in [3.8, 4) is 17.6 Å². The van der Waals surface area contributed by atoms with Gasteiger partial charge in [-0.25, -0.2) is 0 Å². The predicted molar refractivity (Wildman–Crippen MR) is 88.2 cm³/mol. The Morgan fingerprint density at radius 1 is 1.33 bits per heavy atom. The molecule has 1 aromatic carbocycles. The fourth-order valence-corrected chi connectivity index (χ4v) is 3.34. The van der Waals surface area contributed by atoms with Gasteiger partial charge in [0.05, 0.1) is 5.56 Å². The van der Waals surface area contributed by atoms with Crippen molar-refractivity contribution in [2.45, 2.75) is 65.7 Å². The minimum absolute atomic E-state index is 0.143. The lowest BCUT2D eigenvalue weighted by molar-refractivity contribution is 0.174. The van der Waals surface area contributed by atoms with E-state index in [0.717, 1.165) is 24.2 Å². The number of rotatable bonds is 1. The monoisotopic (exact) mass is 285 g/mol. The second kappa shape index (κ2) is 5.73. The van der Waals surface area contributed by atoms with E-state index in [2.05, 4.69) is 51.7 Å². The van der Waals surface area contributed by atoms with Gasteiger partial charge in [-0.3, -0.25) is 0 Å². The second-order valence-electron chi connectivity index (χ2n) is 7.18. The minimum atomic E-state index is 0.143. The van der Waals surface area contributed by atoms with Gasteiger partial charge >= 0.3 is 0 Å². The molecule has 0 saturated heterocycles. The normalized spacial score (nSPS) is 21.2. The van der Waals surface area contributed by atoms with Gasteiger partial charge in [0.15, 0.2) is 5.75 Å². The number of fused-ring (bicyclic) bond motifs is 1. The van der Waals surface area contributed by atoms with Crippen LogP contribution >= 0.6 is 0 Å². The Hall–Kier alpha value is -1.46. The molecule has 2 heteroatoms. The van der Waals surface area contributed by atoms with Crippen molar-refractivity contribution in [2.24, 2.45) is 11.3 Å². The van der Waals surface area contributed by atoms with Crippen LogP contribution in [0.4, 0.5) is 0 Å². The number of benzene rings is 1. The van der Waals surface area contributed by atoms with Gasteiger partial charge in [-0.1, -0.05) is 52.5 Å². The van der Waals surface area contributed by atoms with Crippen LogP contribution < -0.4 is 10.7 Å². The number of nitrogens with two attached hydrogens (primary N) is 1. The Kier molecular flexibility index (Phi) is 4.35. The third-order valence-electron chi connectivity index (χ3n) is 5.13. The molecule has 0 spiro atoms. The van der Waals surface area contributed by atoms with E-state index in [4.69, 9.17) is 10.7 Å². The fraction of sp³-hybridized carbons (Fsp3) is 0.579. The smallest absolute Gasteiger partial charge is 0.165 e. The molecular formula is C19H27NO. The second-order valence-corrected chi connectivity index (χ2v) is 7.18. The molecule has 0 radical (unpaired) electrons. The van der Waals surface area contributed by atoms with Crippen molar-refractivity contribution >= 4 is 0 Å². The van der Waals surface area contributed by atoms with Gasteiger partial charge in [-0.05, 0) is 41.7 Å². The highest BCUT2D eigenvalue weighted by molar-refractivity contribution is 5.56. The van der Waals surface area contributed by atoms with Crippen LogP contribution in [0.15, 0.2) is 12.1 Å². The van der Waals surface area contributed by atoms with E-state index in [1.165, 1.54) is 24.0 Å². The summed E-state index contributed by atoms with van der Waals surface area (Å²) in [5.41, 5.74) is 3.89. The topological polar surface area (TPSA) is 35.2 Å². The highest BCUT2D eigenvalue weighted by atomic mass is 16.6. The molecule has 2 nitrogen and oxygen atoms in total. The van der Waals surface area contributed by atoms with Gasteiger partial charge in [0.2, 0.25) is 0 Å². The first-order chi connectivity index (χ1) is 9.85. The number of hydrogen-bond acceptors (Lipinski definition) is 2. The zero-order valence-corrected chi connectivity index (χ0v) is 14.0. The summed E-state index contributed by atoms with van der Waals surface area (Å²) in [6.45, 7) is 11.4. The average Bonchev–Trinajstić information content (AvgIpc) is 2.43. The Labute approximate surface area is 129 Å². The zero-order valence-electron chi connectivity index (χ0n) is 14.0. The fourth-order valence-electron chi connectivity index (χ4n) is 3.34. The van der Waals surface area contributed by atoms with Crippen molar-refractivity contribution in [1.29, 1.82) is 0 Å². The molecule has 0 aromatic heterocycles. The van der Waals surface area contributed by atoms with Crippen molar-refractivity contribution in [2.75, 3.05) is 0 Å². The van der Waals surface area contributed by atoms with Crippen LogP contribution in [0.5, 0.6) is 5.75 Å². The summed E-state index contributed by atoms with van der Waals surface area (Å²) in [4.78, 5) is 5.24. The lowest BCUT2D eigenvalue weighted by Gasteiger charge is -2.46. The Balaban J connectivity index is 2.64. The molecule has 0 amide bonds. The van der Waals surface area contributed by atoms with Crippen LogP contribution in [0.1, 0.15) is 70.6 Å². The first-order valence-electron chi connectivity index (χ1n) is 7.87. The zero-order chi connectivity index (χ0) is 15.7. The summed E-state index contributed by atoms with van der Waals surface area (Å²) >= 11 is 0. The van der Waals surface area contributed by atoms with Crippen LogP contribution in [0.25, 0.3) is 0 Å². The van der Waals surface area contributed by atoms with Gasteiger partial charge in [0, 0.05) is 12.0 Å². The van der Waals surface area contributed by atoms with Crippen molar-refractivity contribution in [1.82, 2.24) is 0 Å². The highest BCUT2D eigenvalue weighted by Gasteiger charge is 2.42. The highest BCUT2D eigenvalue weighted by Crippen LogP contribution is 2.51. The summed E-state index contributed by atoms with van der Waals surface area (Å²) < 4.78 is 0. The third kappa shape index (κ3) is 2.68. The molecule has 0 bridgehead atoms. The average molecular weight is 285 g/mol. The lowest BCUT2D eigenvalue weighted by atomic mass is 9.58.